The minimum absolute atomic E-state index is 0.00911. The summed E-state index contributed by atoms with van der Waals surface area (Å²) in [6.45, 7) is 5.88. The smallest absolute Gasteiger partial charge is 0.324 e. The number of aryl methyl sites for hydroxylation is 2. The summed E-state index contributed by atoms with van der Waals surface area (Å²) in [4.78, 5) is 31.4. The fourth-order valence-corrected chi connectivity index (χ4v) is 5.91. The highest BCUT2D eigenvalue weighted by Crippen LogP contribution is 2.36. The Morgan fingerprint density at radius 1 is 1.23 bits per heavy atom. The molecule has 1 aliphatic heterocycles. The van der Waals surface area contributed by atoms with Crippen LogP contribution in [0.5, 0.6) is 0 Å². The lowest BCUT2D eigenvalue weighted by molar-refractivity contribution is -0.137. The molecule has 184 valence electrons. The second-order valence-electron chi connectivity index (χ2n) is 8.32. The van der Waals surface area contributed by atoms with Gasteiger partial charge in [0.25, 0.3) is 5.56 Å². The van der Waals surface area contributed by atoms with Crippen molar-refractivity contribution < 1.29 is 18.0 Å². The molecule has 1 amide bonds. The van der Waals surface area contributed by atoms with Crippen LogP contribution in [0.2, 0.25) is 5.02 Å². The summed E-state index contributed by atoms with van der Waals surface area (Å²) >= 11 is 8.52. The Kier molecular flexibility index (Phi) is 7.26. The number of rotatable bonds is 5. The molecule has 1 aromatic heterocycles. The first-order valence-electron chi connectivity index (χ1n) is 10.6. The number of hydrogen-bond acceptors (Lipinski definition) is 5. The number of fused-ring (bicyclic) bond motifs is 1. The summed E-state index contributed by atoms with van der Waals surface area (Å²) in [6, 6.07) is 8.47. The zero-order valence-corrected chi connectivity index (χ0v) is 21.4. The maximum absolute atomic E-state index is 13.4. The summed E-state index contributed by atoms with van der Waals surface area (Å²) in [5.41, 5.74) is 2.04. The lowest BCUT2D eigenvalue weighted by Crippen LogP contribution is -2.25. The van der Waals surface area contributed by atoms with Gasteiger partial charge in [0.2, 0.25) is 5.91 Å². The highest BCUT2D eigenvalue weighted by molar-refractivity contribution is 8.00. The Balaban J connectivity index is 1.64. The van der Waals surface area contributed by atoms with E-state index in [1.165, 1.54) is 16.3 Å². The quantitative estimate of drug-likeness (QED) is 0.305. The van der Waals surface area contributed by atoms with E-state index < -0.39 is 17.6 Å². The number of halogens is 4. The molecule has 5 nitrogen and oxygen atoms in total. The zero-order chi connectivity index (χ0) is 25.5. The summed E-state index contributed by atoms with van der Waals surface area (Å²) in [5.74, 6) is -0.744. The number of aromatic nitrogens is 2. The summed E-state index contributed by atoms with van der Waals surface area (Å²) in [7, 11) is 0. The van der Waals surface area contributed by atoms with Crippen molar-refractivity contribution in [3.63, 3.8) is 0 Å². The fourth-order valence-electron chi connectivity index (χ4n) is 3.82. The molecule has 0 saturated carbocycles. The average molecular weight is 540 g/mol. The Morgan fingerprint density at radius 3 is 2.57 bits per heavy atom. The molecule has 1 aliphatic rings. The highest BCUT2D eigenvalue weighted by atomic mass is 35.5. The zero-order valence-electron chi connectivity index (χ0n) is 19.0. The molecule has 11 heteroatoms. The molecule has 0 spiro atoms. The maximum atomic E-state index is 13.4. The van der Waals surface area contributed by atoms with Crippen LogP contribution < -0.4 is 10.9 Å². The van der Waals surface area contributed by atoms with Crippen LogP contribution in [-0.2, 0) is 17.4 Å². The molecule has 0 saturated heterocycles. The first-order valence-corrected chi connectivity index (χ1v) is 12.9. The lowest BCUT2D eigenvalue weighted by atomic mass is 10.1. The molecular weight excluding hydrogens is 519 g/mol. The molecule has 1 N–H and O–H groups in total. The van der Waals surface area contributed by atoms with Gasteiger partial charge in [0.1, 0.15) is 0 Å². The van der Waals surface area contributed by atoms with Gasteiger partial charge >= 0.3 is 6.18 Å². The van der Waals surface area contributed by atoms with Gasteiger partial charge < -0.3 is 5.32 Å². The minimum Gasteiger partial charge on any atom is -0.324 e. The normalized spacial score (nSPS) is 15.2. The number of nitrogens with one attached hydrogen (secondary N) is 1. The van der Waals surface area contributed by atoms with Gasteiger partial charge in [0, 0.05) is 11.7 Å². The van der Waals surface area contributed by atoms with Crippen molar-refractivity contribution in [2.24, 2.45) is 0 Å². The standard InChI is InChI=1S/C24H21ClF3N3O2S2/c1-12-6-13(2)8-16(7-12)31-22(33)21-19(9-14(3)35-21)30-23(31)34-11-20(32)29-18-10-15(24(26,27)28)4-5-17(18)25/h4-8,10,14H,9,11H2,1-3H3,(H,29,32). The van der Waals surface area contributed by atoms with E-state index in [2.05, 4.69) is 5.32 Å². The largest absolute Gasteiger partial charge is 0.416 e. The lowest BCUT2D eigenvalue weighted by Gasteiger charge is -2.15. The van der Waals surface area contributed by atoms with Gasteiger partial charge in [0.15, 0.2) is 5.16 Å². The summed E-state index contributed by atoms with van der Waals surface area (Å²) in [5, 5.41) is 2.98. The SMILES string of the molecule is Cc1cc(C)cc(-n2c(SCC(=O)Nc3cc(C(F)(F)F)ccc3Cl)nc3c(c2=O)SC(C)C3)c1. The number of anilines is 1. The number of nitrogens with zero attached hydrogens (tertiary/aromatic N) is 2. The average Bonchev–Trinajstić information content (AvgIpc) is 3.13. The van der Waals surface area contributed by atoms with Crippen molar-refractivity contribution in [3.05, 3.63) is 74.2 Å². The van der Waals surface area contributed by atoms with Crippen molar-refractivity contribution in [1.82, 2.24) is 9.55 Å². The molecule has 1 atom stereocenters. The number of carbonyl (C=O) groups is 1. The van der Waals surface area contributed by atoms with Crippen molar-refractivity contribution in [1.29, 1.82) is 0 Å². The third kappa shape index (κ3) is 5.70. The molecule has 0 radical (unpaired) electrons. The van der Waals surface area contributed by atoms with E-state index in [1.54, 1.807) is 0 Å². The molecule has 0 aliphatic carbocycles. The predicted octanol–water partition coefficient (Wildman–Crippen LogP) is 6.29. The second-order valence-corrected chi connectivity index (χ2v) is 11.1. The first-order chi connectivity index (χ1) is 16.4. The Labute approximate surface area is 213 Å². The van der Waals surface area contributed by atoms with Crippen LogP contribution in [0.1, 0.15) is 29.3 Å². The van der Waals surface area contributed by atoms with E-state index in [1.807, 2.05) is 39.0 Å². The van der Waals surface area contributed by atoms with Crippen molar-refractivity contribution in [2.45, 2.75) is 48.7 Å². The van der Waals surface area contributed by atoms with E-state index in [-0.39, 0.29) is 27.3 Å². The van der Waals surface area contributed by atoms with Gasteiger partial charge in [-0.05, 0) is 55.3 Å². The van der Waals surface area contributed by atoms with Crippen LogP contribution in [0.3, 0.4) is 0 Å². The van der Waals surface area contributed by atoms with Crippen molar-refractivity contribution in [2.75, 3.05) is 11.1 Å². The van der Waals surface area contributed by atoms with Gasteiger partial charge in [-0.2, -0.15) is 13.2 Å². The molecule has 0 fully saturated rings. The van der Waals surface area contributed by atoms with Gasteiger partial charge in [-0.1, -0.05) is 36.4 Å². The number of benzene rings is 2. The molecule has 2 aromatic carbocycles. The summed E-state index contributed by atoms with van der Waals surface area (Å²) in [6.07, 6.45) is -3.92. The first kappa shape index (κ1) is 25.7. The number of hydrogen-bond donors (Lipinski definition) is 1. The predicted molar refractivity (Wildman–Crippen MR) is 134 cm³/mol. The molecule has 35 heavy (non-hydrogen) atoms. The van der Waals surface area contributed by atoms with Crippen molar-refractivity contribution >= 4 is 46.7 Å². The number of alkyl halides is 3. The van der Waals surface area contributed by atoms with E-state index in [0.29, 0.717) is 27.9 Å². The van der Waals surface area contributed by atoms with E-state index >= 15 is 0 Å². The van der Waals surface area contributed by atoms with Crippen LogP contribution in [0.4, 0.5) is 18.9 Å². The molecule has 0 bridgehead atoms. The third-order valence-corrected chi connectivity index (χ3v) is 7.73. The molecular formula is C24H21ClF3N3O2S2. The number of amides is 1. The number of carbonyl (C=O) groups excluding carboxylic acids is 1. The van der Waals surface area contributed by atoms with Crippen molar-refractivity contribution in [3.8, 4) is 5.69 Å². The highest BCUT2D eigenvalue weighted by Gasteiger charge is 2.31. The maximum Gasteiger partial charge on any atom is 0.416 e. The monoisotopic (exact) mass is 539 g/mol. The van der Waals surface area contributed by atoms with Gasteiger partial charge in [0.05, 0.1) is 38.3 Å². The van der Waals surface area contributed by atoms with E-state index in [4.69, 9.17) is 16.6 Å². The van der Waals surface area contributed by atoms with Crippen LogP contribution in [0.25, 0.3) is 5.69 Å². The Bertz CT molecular complexity index is 1360. The molecule has 4 rings (SSSR count). The molecule has 2 heterocycles. The third-order valence-electron chi connectivity index (χ3n) is 5.25. The van der Waals surface area contributed by atoms with Gasteiger partial charge in [-0.25, -0.2) is 4.98 Å². The Morgan fingerprint density at radius 2 is 1.91 bits per heavy atom. The molecule has 1 unspecified atom stereocenters. The fraction of sp³-hybridized carbons (Fsp3) is 0.292. The van der Waals surface area contributed by atoms with Crippen LogP contribution in [-0.4, -0.2) is 26.5 Å². The van der Waals surface area contributed by atoms with Crippen LogP contribution in [0.15, 0.2) is 51.2 Å². The van der Waals surface area contributed by atoms with E-state index in [9.17, 15) is 22.8 Å². The van der Waals surface area contributed by atoms with E-state index in [0.717, 1.165) is 41.1 Å². The minimum atomic E-state index is -4.57. The Hall–Kier alpha value is -2.43. The van der Waals surface area contributed by atoms with Crippen LogP contribution >= 0.6 is 35.1 Å². The van der Waals surface area contributed by atoms with Gasteiger partial charge in [-0.15, -0.1) is 11.8 Å². The topological polar surface area (TPSA) is 64.0 Å². The number of thioether (sulfide) groups is 2. The van der Waals surface area contributed by atoms with Gasteiger partial charge in [-0.3, -0.25) is 14.2 Å². The second kappa shape index (κ2) is 9.91. The van der Waals surface area contributed by atoms with Crippen LogP contribution in [0, 0.1) is 13.8 Å². The molecule has 3 aromatic rings. The summed E-state index contributed by atoms with van der Waals surface area (Å²) < 4.78 is 40.6.